The monoisotopic (exact) mass is 551 g/mol. The number of ether oxygens (including phenoxy) is 2. The number of halogens is 4. The largest absolute Gasteiger partial charge is 0.497 e. The van der Waals surface area contributed by atoms with E-state index in [2.05, 4.69) is 11.0 Å². The molecule has 8 heteroatoms. The van der Waals surface area contributed by atoms with Crippen LogP contribution in [0.25, 0.3) is 10.8 Å². The molecular formula is C32H29F4NO3. The molecule has 4 nitrogen and oxygen atoms in total. The molecule has 208 valence electrons. The van der Waals surface area contributed by atoms with Gasteiger partial charge in [-0.05, 0) is 89.3 Å². The molecule has 1 saturated heterocycles. The fourth-order valence-electron chi connectivity index (χ4n) is 5.66. The summed E-state index contributed by atoms with van der Waals surface area (Å²) in [4.78, 5) is 14.1. The van der Waals surface area contributed by atoms with Crippen molar-refractivity contribution in [1.29, 1.82) is 0 Å². The summed E-state index contributed by atoms with van der Waals surface area (Å²) in [6.07, 6.45) is -4.11. The van der Waals surface area contributed by atoms with Gasteiger partial charge in [-0.1, -0.05) is 30.3 Å². The van der Waals surface area contributed by atoms with Crippen molar-refractivity contribution in [2.45, 2.75) is 37.5 Å². The number of fused-ring (bicyclic) bond motifs is 1. The molecule has 0 spiro atoms. The first kappa shape index (κ1) is 27.6. The van der Waals surface area contributed by atoms with Crippen molar-refractivity contribution >= 4 is 16.7 Å². The summed E-state index contributed by atoms with van der Waals surface area (Å²) in [6, 6.07) is 21.2. The minimum absolute atomic E-state index is 0.0705. The Kier molecular flexibility index (Phi) is 7.55. The maximum absolute atomic E-state index is 15.0. The van der Waals surface area contributed by atoms with Gasteiger partial charge in [0.05, 0.1) is 25.3 Å². The molecule has 1 unspecified atom stereocenters. The topological polar surface area (TPSA) is 38.8 Å². The smallest absolute Gasteiger partial charge is 0.416 e. The van der Waals surface area contributed by atoms with E-state index in [4.69, 9.17) is 9.47 Å². The summed E-state index contributed by atoms with van der Waals surface area (Å²) in [6.45, 7) is 2.38. The van der Waals surface area contributed by atoms with E-state index in [-0.39, 0.29) is 17.6 Å². The molecule has 0 amide bonds. The Hall–Kier alpha value is -3.91. The van der Waals surface area contributed by atoms with E-state index in [0.29, 0.717) is 18.5 Å². The SMILES string of the molecule is COC(=O)c1ccc(C(C)N2C[C@H](c3cc(C(F)(F)F)ccc3F)C[C@@H]2c2ccc3cc(OC)ccc3c2)cc1. The fourth-order valence-corrected chi connectivity index (χ4v) is 5.66. The van der Waals surface area contributed by atoms with Crippen LogP contribution in [-0.4, -0.2) is 31.6 Å². The Labute approximate surface area is 230 Å². The van der Waals surface area contributed by atoms with Crippen LogP contribution in [0, 0.1) is 5.82 Å². The summed E-state index contributed by atoms with van der Waals surface area (Å²) in [5, 5.41) is 2.00. The number of methoxy groups -OCH3 is 2. The van der Waals surface area contributed by atoms with Crippen LogP contribution < -0.4 is 4.74 Å². The Morgan fingerprint density at radius 2 is 1.62 bits per heavy atom. The van der Waals surface area contributed by atoms with Crippen LogP contribution in [0.2, 0.25) is 0 Å². The molecule has 1 aliphatic rings. The van der Waals surface area contributed by atoms with E-state index in [1.54, 1.807) is 19.2 Å². The van der Waals surface area contributed by atoms with Gasteiger partial charge in [0.1, 0.15) is 11.6 Å². The molecule has 5 rings (SSSR count). The number of likely N-dealkylation sites (tertiary alicyclic amines) is 1. The molecule has 0 aromatic heterocycles. The maximum Gasteiger partial charge on any atom is 0.416 e. The van der Waals surface area contributed by atoms with Crippen molar-refractivity contribution in [3.8, 4) is 5.75 Å². The number of rotatable bonds is 6. The summed E-state index contributed by atoms with van der Waals surface area (Å²) >= 11 is 0. The summed E-state index contributed by atoms with van der Waals surface area (Å²) < 4.78 is 65.6. The quantitative estimate of drug-likeness (QED) is 0.179. The Balaban J connectivity index is 1.54. The van der Waals surface area contributed by atoms with Gasteiger partial charge in [0.15, 0.2) is 0 Å². The van der Waals surface area contributed by atoms with Crippen molar-refractivity contribution in [3.63, 3.8) is 0 Å². The first-order valence-corrected chi connectivity index (χ1v) is 13.0. The second-order valence-corrected chi connectivity index (χ2v) is 10.1. The Morgan fingerprint density at radius 1 is 0.925 bits per heavy atom. The summed E-state index contributed by atoms with van der Waals surface area (Å²) in [5.74, 6) is -0.784. The normalized spacial score (nSPS) is 18.6. The molecule has 4 aromatic rings. The molecule has 40 heavy (non-hydrogen) atoms. The molecule has 1 fully saturated rings. The van der Waals surface area contributed by atoms with Crippen molar-refractivity contribution in [1.82, 2.24) is 4.90 Å². The predicted octanol–water partition coefficient (Wildman–Crippen LogP) is 8.08. The van der Waals surface area contributed by atoms with Gasteiger partial charge in [0, 0.05) is 24.5 Å². The van der Waals surface area contributed by atoms with E-state index in [1.807, 2.05) is 49.4 Å². The van der Waals surface area contributed by atoms with Crippen molar-refractivity contribution in [2.24, 2.45) is 0 Å². The highest BCUT2D eigenvalue weighted by Crippen LogP contribution is 2.46. The molecule has 1 aliphatic heterocycles. The number of carbonyl (C=O) groups excluding carboxylic acids is 1. The number of esters is 1. The van der Waals surface area contributed by atoms with E-state index in [9.17, 15) is 22.4 Å². The van der Waals surface area contributed by atoms with Gasteiger partial charge in [-0.25, -0.2) is 9.18 Å². The first-order chi connectivity index (χ1) is 19.1. The van der Waals surface area contributed by atoms with Crippen LogP contribution >= 0.6 is 0 Å². The van der Waals surface area contributed by atoms with Crippen LogP contribution in [0.4, 0.5) is 17.6 Å². The minimum atomic E-state index is -4.56. The van der Waals surface area contributed by atoms with Crippen LogP contribution in [0.5, 0.6) is 5.75 Å². The van der Waals surface area contributed by atoms with Gasteiger partial charge < -0.3 is 9.47 Å². The van der Waals surface area contributed by atoms with E-state index in [0.717, 1.165) is 45.8 Å². The number of carbonyl (C=O) groups is 1. The molecule has 4 aromatic carbocycles. The predicted molar refractivity (Wildman–Crippen MR) is 145 cm³/mol. The average molecular weight is 552 g/mol. The number of hydrogen-bond acceptors (Lipinski definition) is 4. The second kappa shape index (κ2) is 10.9. The van der Waals surface area contributed by atoms with Crippen LogP contribution in [0.1, 0.15) is 64.0 Å². The number of alkyl halides is 3. The Bertz CT molecular complexity index is 1530. The molecule has 0 N–H and O–H groups in total. The molecule has 1 heterocycles. The third-order valence-electron chi connectivity index (χ3n) is 7.87. The van der Waals surface area contributed by atoms with Gasteiger partial charge in [-0.2, -0.15) is 13.2 Å². The van der Waals surface area contributed by atoms with E-state index < -0.39 is 29.4 Å². The second-order valence-electron chi connectivity index (χ2n) is 10.1. The Morgan fingerprint density at radius 3 is 2.30 bits per heavy atom. The van der Waals surface area contributed by atoms with Crippen LogP contribution in [0.3, 0.4) is 0 Å². The van der Waals surface area contributed by atoms with Gasteiger partial charge in [0.25, 0.3) is 0 Å². The lowest BCUT2D eigenvalue weighted by molar-refractivity contribution is -0.137. The highest BCUT2D eigenvalue weighted by Gasteiger charge is 2.39. The standard InChI is InChI=1S/C32H29F4NO3/c1-19(20-4-6-21(7-5-20)31(38)40-3)37-18-25(28-17-26(32(34,35)36)11-13-29(28)33)16-30(37)24-9-8-23-15-27(39-2)12-10-22(23)14-24/h4-15,17,19,25,30H,16,18H2,1-3H3/t19?,25-,30-/m1/s1. The zero-order valence-corrected chi connectivity index (χ0v) is 22.3. The van der Waals surface area contributed by atoms with Crippen molar-refractivity contribution in [3.05, 3.63) is 112 Å². The van der Waals surface area contributed by atoms with Gasteiger partial charge in [-0.3, -0.25) is 4.90 Å². The molecular weight excluding hydrogens is 522 g/mol. The maximum atomic E-state index is 15.0. The summed E-state index contributed by atoms with van der Waals surface area (Å²) in [5.41, 5.74) is 1.55. The third-order valence-corrected chi connectivity index (χ3v) is 7.87. The zero-order valence-electron chi connectivity index (χ0n) is 22.3. The lowest BCUT2D eigenvalue weighted by Crippen LogP contribution is -2.27. The molecule has 0 saturated carbocycles. The summed E-state index contributed by atoms with van der Waals surface area (Å²) in [7, 11) is 2.93. The number of nitrogens with zero attached hydrogens (tertiary/aromatic N) is 1. The minimum Gasteiger partial charge on any atom is -0.497 e. The van der Waals surface area contributed by atoms with Gasteiger partial charge in [-0.15, -0.1) is 0 Å². The molecule has 3 atom stereocenters. The zero-order chi connectivity index (χ0) is 28.6. The number of benzene rings is 4. The lowest BCUT2D eigenvalue weighted by atomic mass is 9.91. The average Bonchev–Trinajstić information content (AvgIpc) is 3.40. The highest BCUT2D eigenvalue weighted by atomic mass is 19.4. The van der Waals surface area contributed by atoms with Crippen molar-refractivity contribution < 1.29 is 31.8 Å². The molecule has 0 aliphatic carbocycles. The third kappa shape index (κ3) is 5.41. The van der Waals surface area contributed by atoms with Crippen LogP contribution in [0.15, 0.2) is 78.9 Å². The number of hydrogen-bond donors (Lipinski definition) is 0. The van der Waals surface area contributed by atoms with Gasteiger partial charge >= 0.3 is 12.1 Å². The highest BCUT2D eigenvalue weighted by molar-refractivity contribution is 5.89. The first-order valence-electron chi connectivity index (χ1n) is 13.0. The van der Waals surface area contributed by atoms with E-state index >= 15 is 0 Å². The van der Waals surface area contributed by atoms with Crippen LogP contribution in [-0.2, 0) is 10.9 Å². The molecule has 0 bridgehead atoms. The fraction of sp³-hybridized carbons (Fsp3) is 0.281. The van der Waals surface area contributed by atoms with Crippen molar-refractivity contribution in [2.75, 3.05) is 20.8 Å². The van der Waals surface area contributed by atoms with E-state index in [1.165, 1.54) is 7.11 Å². The lowest BCUT2D eigenvalue weighted by Gasteiger charge is -2.31. The van der Waals surface area contributed by atoms with Gasteiger partial charge in [0.2, 0.25) is 0 Å². The molecule has 0 radical (unpaired) electrons.